The number of aliphatic hydroxyl groups excluding tert-OH is 1. The second-order valence-electron chi connectivity index (χ2n) is 4.63. The van der Waals surface area contributed by atoms with Crippen LogP contribution in [0.5, 0.6) is 0 Å². The van der Waals surface area contributed by atoms with Crippen LogP contribution in [-0.2, 0) is 0 Å². The largest absolute Gasteiger partial charge is 0.395 e. The molecule has 2 aromatic rings. The maximum absolute atomic E-state index is 12.2. The zero-order valence-corrected chi connectivity index (χ0v) is 12.9. The molecule has 0 aliphatic carbocycles. The van der Waals surface area contributed by atoms with Crippen LogP contribution in [0, 0.1) is 0 Å². The predicted octanol–water partition coefficient (Wildman–Crippen LogP) is 2.66. The van der Waals surface area contributed by atoms with Gasteiger partial charge in [-0.1, -0.05) is 11.6 Å². The monoisotopic (exact) mass is 312 g/mol. The molecule has 1 amide bonds. The van der Waals surface area contributed by atoms with Crippen LogP contribution in [0.3, 0.4) is 0 Å². The van der Waals surface area contributed by atoms with Gasteiger partial charge in [-0.05, 0) is 37.4 Å². The summed E-state index contributed by atoms with van der Waals surface area (Å²) < 4.78 is 0. The molecule has 0 radical (unpaired) electrons. The highest BCUT2D eigenvalue weighted by Crippen LogP contribution is 2.20. The Morgan fingerprint density at radius 1 is 1.50 bits per heavy atom. The molecule has 0 aliphatic heterocycles. The number of rotatable bonds is 5. The van der Waals surface area contributed by atoms with Gasteiger partial charge in [0.2, 0.25) is 0 Å². The van der Waals surface area contributed by atoms with Gasteiger partial charge >= 0.3 is 0 Å². The Labute approximate surface area is 126 Å². The minimum Gasteiger partial charge on any atom is -0.395 e. The van der Waals surface area contributed by atoms with Crippen molar-refractivity contribution < 1.29 is 9.90 Å². The van der Waals surface area contributed by atoms with Crippen molar-refractivity contribution in [1.82, 2.24) is 10.3 Å². The van der Waals surface area contributed by atoms with Gasteiger partial charge in [0.15, 0.2) is 0 Å². The van der Waals surface area contributed by atoms with E-state index in [1.54, 1.807) is 12.1 Å². The van der Waals surface area contributed by atoms with E-state index in [4.69, 9.17) is 11.6 Å². The van der Waals surface area contributed by atoms with Crippen molar-refractivity contribution in [2.75, 3.05) is 12.9 Å². The second-order valence-corrected chi connectivity index (χ2v) is 6.15. The molecule has 6 heteroatoms. The number of amides is 1. The van der Waals surface area contributed by atoms with Gasteiger partial charge in [-0.2, -0.15) is 11.8 Å². The van der Waals surface area contributed by atoms with Crippen molar-refractivity contribution in [1.29, 1.82) is 0 Å². The van der Waals surface area contributed by atoms with E-state index in [2.05, 4.69) is 10.3 Å². The summed E-state index contributed by atoms with van der Waals surface area (Å²) in [7, 11) is 0. The smallest absolute Gasteiger partial charge is 0.267 e. The molecule has 0 saturated heterocycles. The summed E-state index contributed by atoms with van der Waals surface area (Å²) in [5.41, 5.74) is 1.36. The molecule has 1 heterocycles. The average Bonchev–Trinajstić information content (AvgIpc) is 2.83. The molecule has 0 spiro atoms. The first kappa shape index (κ1) is 15.2. The first-order chi connectivity index (χ1) is 9.55. The van der Waals surface area contributed by atoms with Crippen molar-refractivity contribution in [2.24, 2.45) is 0 Å². The fraction of sp³-hybridized carbons (Fsp3) is 0.357. The number of benzene rings is 1. The van der Waals surface area contributed by atoms with Gasteiger partial charge in [0.05, 0.1) is 6.61 Å². The number of aromatic nitrogens is 1. The molecule has 0 bridgehead atoms. The molecule has 108 valence electrons. The van der Waals surface area contributed by atoms with Crippen LogP contribution in [0.1, 0.15) is 17.4 Å². The molecule has 0 aliphatic rings. The minimum atomic E-state index is -0.183. The molecule has 2 unspecified atom stereocenters. The summed E-state index contributed by atoms with van der Waals surface area (Å²) in [5, 5.41) is 13.6. The number of carbonyl (C=O) groups is 1. The number of H-pyrrole nitrogens is 1. The molecule has 0 fully saturated rings. The molecule has 0 saturated carbocycles. The van der Waals surface area contributed by atoms with E-state index < -0.39 is 0 Å². The van der Waals surface area contributed by atoms with E-state index >= 15 is 0 Å². The zero-order valence-electron chi connectivity index (χ0n) is 11.3. The molecule has 2 rings (SSSR count). The van der Waals surface area contributed by atoms with Crippen molar-refractivity contribution in [3.63, 3.8) is 0 Å². The SMILES string of the molecule is CSC(CO)C(C)NC(=O)c1cc2cc(Cl)ccc2[nH]1. The molecule has 2 atom stereocenters. The summed E-state index contributed by atoms with van der Waals surface area (Å²) in [5.74, 6) is -0.183. The van der Waals surface area contributed by atoms with Crippen LogP contribution in [0.4, 0.5) is 0 Å². The maximum Gasteiger partial charge on any atom is 0.267 e. The number of nitrogens with one attached hydrogen (secondary N) is 2. The van der Waals surface area contributed by atoms with E-state index in [9.17, 15) is 9.90 Å². The zero-order chi connectivity index (χ0) is 14.7. The fourth-order valence-electron chi connectivity index (χ4n) is 2.04. The van der Waals surface area contributed by atoms with Gasteiger partial charge in [0.25, 0.3) is 5.91 Å². The highest BCUT2D eigenvalue weighted by molar-refractivity contribution is 7.99. The van der Waals surface area contributed by atoms with Crippen LogP contribution < -0.4 is 5.32 Å². The van der Waals surface area contributed by atoms with Gasteiger partial charge in [0, 0.05) is 27.2 Å². The summed E-state index contributed by atoms with van der Waals surface area (Å²) in [6.45, 7) is 1.92. The summed E-state index contributed by atoms with van der Waals surface area (Å²) in [6.07, 6.45) is 1.91. The number of aromatic amines is 1. The quantitative estimate of drug-likeness (QED) is 0.795. The van der Waals surface area contributed by atoms with Gasteiger partial charge < -0.3 is 15.4 Å². The lowest BCUT2D eigenvalue weighted by Gasteiger charge is -2.20. The highest BCUT2D eigenvalue weighted by atomic mass is 35.5. The van der Waals surface area contributed by atoms with E-state index in [1.807, 2.05) is 25.3 Å². The Kier molecular flexibility index (Phi) is 4.96. The number of aliphatic hydroxyl groups is 1. The van der Waals surface area contributed by atoms with Crippen LogP contribution >= 0.6 is 23.4 Å². The topological polar surface area (TPSA) is 65.1 Å². The molecule has 1 aromatic heterocycles. The fourth-order valence-corrected chi connectivity index (χ4v) is 2.85. The molecular weight excluding hydrogens is 296 g/mol. The lowest BCUT2D eigenvalue weighted by atomic mass is 10.2. The second kappa shape index (κ2) is 6.52. The Balaban J connectivity index is 2.15. The normalized spacial score (nSPS) is 14.2. The van der Waals surface area contributed by atoms with E-state index in [0.717, 1.165) is 10.9 Å². The lowest BCUT2D eigenvalue weighted by Crippen LogP contribution is -2.41. The summed E-state index contributed by atoms with van der Waals surface area (Å²) in [4.78, 5) is 15.2. The van der Waals surface area contributed by atoms with Crippen LogP contribution in [0.15, 0.2) is 24.3 Å². The summed E-state index contributed by atoms with van der Waals surface area (Å²) in [6, 6.07) is 7.09. The van der Waals surface area contributed by atoms with Gasteiger partial charge in [-0.15, -0.1) is 0 Å². The Morgan fingerprint density at radius 3 is 2.90 bits per heavy atom. The molecule has 1 aromatic carbocycles. The predicted molar refractivity (Wildman–Crippen MR) is 84.6 cm³/mol. The number of hydrogen-bond donors (Lipinski definition) is 3. The van der Waals surface area contributed by atoms with Crippen molar-refractivity contribution >= 4 is 40.2 Å². The third kappa shape index (κ3) is 3.29. The third-order valence-corrected chi connectivity index (χ3v) is 4.62. The summed E-state index contributed by atoms with van der Waals surface area (Å²) >= 11 is 7.46. The Morgan fingerprint density at radius 2 is 2.25 bits per heavy atom. The first-order valence-corrected chi connectivity index (χ1v) is 7.94. The third-order valence-electron chi connectivity index (χ3n) is 3.23. The van der Waals surface area contributed by atoms with Gasteiger partial charge in [-0.3, -0.25) is 4.79 Å². The van der Waals surface area contributed by atoms with Crippen molar-refractivity contribution in [3.8, 4) is 0 Å². The van der Waals surface area contributed by atoms with E-state index in [1.165, 1.54) is 11.8 Å². The van der Waals surface area contributed by atoms with Crippen LogP contribution in [0.25, 0.3) is 10.9 Å². The van der Waals surface area contributed by atoms with E-state index in [0.29, 0.717) is 10.7 Å². The van der Waals surface area contributed by atoms with Crippen molar-refractivity contribution in [2.45, 2.75) is 18.2 Å². The number of thioether (sulfide) groups is 1. The number of fused-ring (bicyclic) bond motifs is 1. The first-order valence-electron chi connectivity index (χ1n) is 6.28. The number of carbonyl (C=O) groups excluding carboxylic acids is 1. The number of hydrogen-bond acceptors (Lipinski definition) is 3. The lowest BCUT2D eigenvalue weighted by molar-refractivity contribution is 0.0931. The van der Waals surface area contributed by atoms with Crippen molar-refractivity contribution in [3.05, 3.63) is 35.0 Å². The highest BCUT2D eigenvalue weighted by Gasteiger charge is 2.19. The van der Waals surface area contributed by atoms with Gasteiger partial charge in [-0.25, -0.2) is 0 Å². The van der Waals surface area contributed by atoms with E-state index in [-0.39, 0.29) is 23.8 Å². The molecule has 4 nitrogen and oxygen atoms in total. The molecule has 3 N–H and O–H groups in total. The van der Waals surface area contributed by atoms with Crippen LogP contribution in [0.2, 0.25) is 5.02 Å². The Bertz CT molecular complexity index is 610. The van der Waals surface area contributed by atoms with Crippen LogP contribution in [-0.4, -0.2) is 40.2 Å². The number of halogens is 1. The average molecular weight is 313 g/mol. The Hall–Kier alpha value is -1.17. The van der Waals surface area contributed by atoms with Gasteiger partial charge in [0.1, 0.15) is 5.69 Å². The molecule has 20 heavy (non-hydrogen) atoms. The minimum absolute atomic E-state index is 0.0160. The maximum atomic E-state index is 12.2. The standard InChI is InChI=1S/C14H17ClN2O2S/c1-8(13(7-18)20-2)16-14(19)12-6-9-5-10(15)3-4-11(9)17-12/h3-6,8,13,17-18H,7H2,1-2H3,(H,16,19). The molecular formula is C14H17ClN2O2S.